The molecule has 1 fully saturated rings. The summed E-state index contributed by atoms with van der Waals surface area (Å²) in [6.45, 7) is 3.81. The highest BCUT2D eigenvalue weighted by molar-refractivity contribution is 6.03. The van der Waals surface area contributed by atoms with Gasteiger partial charge in [0.15, 0.2) is 0 Å². The maximum atomic E-state index is 14.8. The summed E-state index contributed by atoms with van der Waals surface area (Å²) >= 11 is 0. The molecule has 172 valence electrons. The number of aliphatic hydroxyl groups excluding tert-OH is 1. The van der Waals surface area contributed by atoms with Gasteiger partial charge in [0.2, 0.25) is 0 Å². The van der Waals surface area contributed by atoms with E-state index < -0.39 is 17.5 Å². The first kappa shape index (κ1) is 23.0. The fourth-order valence-electron chi connectivity index (χ4n) is 4.52. The average molecular weight is 452 g/mol. The third kappa shape index (κ3) is 4.78. The SMILES string of the molecule is CCc1ccc(F)c(-c2cccc(C(=O)Nc3cnccc3[C@H]3CC[C@H](O)[C@@H](C)C3)n2)c1F. The van der Waals surface area contributed by atoms with Gasteiger partial charge in [0.1, 0.15) is 17.3 Å². The van der Waals surface area contributed by atoms with Gasteiger partial charge in [-0.1, -0.05) is 26.0 Å². The molecule has 7 heteroatoms. The molecular formula is C26H27F2N3O2. The van der Waals surface area contributed by atoms with Crippen molar-refractivity contribution in [2.24, 2.45) is 5.92 Å². The van der Waals surface area contributed by atoms with Crippen molar-refractivity contribution in [1.29, 1.82) is 0 Å². The molecule has 3 atom stereocenters. The summed E-state index contributed by atoms with van der Waals surface area (Å²) in [4.78, 5) is 21.4. The number of hydrogen-bond acceptors (Lipinski definition) is 4. The van der Waals surface area contributed by atoms with E-state index in [1.54, 1.807) is 25.4 Å². The lowest BCUT2D eigenvalue weighted by atomic mass is 9.77. The summed E-state index contributed by atoms with van der Waals surface area (Å²) in [5.41, 5.74) is 1.80. The lowest BCUT2D eigenvalue weighted by Crippen LogP contribution is -2.26. The Balaban J connectivity index is 1.61. The lowest BCUT2D eigenvalue weighted by molar-refractivity contribution is 0.0712. The van der Waals surface area contributed by atoms with Crippen LogP contribution < -0.4 is 5.32 Å². The molecule has 4 rings (SSSR count). The third-order valence-electron chi connectivity index (χ3n) is 6.46. The number of rotatable bonds is 5. The first-order valence-electron chi connectivity index (χ1n) is 11.3. The highest BCUT2D eigenvalue weighted by atomic mass is 19.1. The van der Waals surface area contributed by atoms with Crippen molar-refractivity contribution in [2.75, 3.05) is 5.32 Å². The van der Waals surface area contributed by atoms with Crippen LogP contribution in [-0.4, -0.2) is 27.1 Å². The second-order valence-corrected chi connectivity index (χ2v) is 8.63. The molecule has 0 aliphatic heterocycles. The minimum atomic E-state index is -0.724. The first-order chi connectivity index (χ1) is 15.9. The van der Waals surface area contributed by atoms with Crippen LogP contribution in [0.25, 0.3) is 11.3 Å². The molecule has 5 nitrogen and oxygen atoms in total. The highest BCUT2D eigenvalue weighted by Crippen LogP contribution is 2.39. The number of nitrogens with zero attached hydrogens (tertiary/aromatic N) is 2. The molecule has 2 aromatic heterocycles. The first-order valence-corrected chi connectivity index (χ1v) is 11.3. The Morgan fingerprint density at radius 1 is 1.18 bits per heavy atom. The van der Waals surface area contributed by atoms with Gasteiger partial charge in [-0.2, -0.15) is 0 Å². The molecule has 0 saturated heterocycles. The Morgan fingerprint density at radius 3 is 2.76 bits per heavy atom. The van der Waals surface area contributed by atoms with Crippen LogP contribution >= 0.6 is 0 Å². The van der Waals surface area contributed by atoms with Crippen molar-refractivity contribution in [3.63, 3.8) is 0 Å². The van der Waals surface area contributed by atoms with E-state index in [-0.39, 0.29) is 34.9 Å². The Bertz CT molecular complexity index is 1170. The zero-order chi connectivity index (χ0) is 23.5. The summed E-state index contributed by atoms with van der Waals surface area (Å²) in [6.07, 6.45) is 5.73. The van der Waals surface area contributed by atoms with Crippen molar-refractivity contribution < 1.29 is 18.7 Å². The zero-order valence-electron chi connectivity index (χ0n) is 18.7. The molecule has 3 aromatic rings. The maximum Gasteiger partial charge on any atom is 0.274 e. The van der Waals surface area contributed by atoms with Crippen LogP contribution in [0, 0.1) is 17.6 Å². The molecule has 0 bridgehead atoms. The quantitative estimate of drug-likeness (QED) is 0.537. The fraction of sp³-hybridized carbons (Fsp3) is 0.346. The number of amides is 1. The van der Waals surface area contributed by atoms with Crippen LogP contribution in [0.1, 0.15) is 60.6 Å². The number of carbonyl (C=O) groups is 1. The summed E-state index contributed by atoms with van der Waals surface area (Å²) in [5.74, 6) is -1.51. The second-order valence-electron chi connectivity index (χ2n) is 8.63. The van der Waals surface area contributed by atoms with E-state index in [4.69, 9.17) is 0 Å². The van der Waals surface area contributed by atoms with Crippen molar-refractivity contribution >= 4 is 11.6 Å². The monoisotopic (exact) mass is 451 g/mol. The minimum absolute atomic E-state index is 0.0513. The molecule has 0 spiro atoms. The zero-order valence-corrected chi connectivity index (χ0v) is 18.7. The average Bonchev–Trinajstić information content (AvgIpc) is 2.82. The van der Waals surface area contributed by atoms with Gasteiger partial charge < -0.3 is 10.4 Å². The van der Waals surface area contributed by atoms with Crippen LogP contribution in [-0.2, 0) is 6.42 Å². The molecule has 1 amide bonds. The van der Waals surface area contributed by atoms with Crippen molar-refractivity contribution in [1.82, 2.24) is 9.97 Å². The number of anilines is 1. The van der Waals surface area contributed by atoms with E-state index in [1.165, 1.54) is 24.3 Å². The Labute approximate surface area is 191 Å². The minimum Gasteiger partial charge on any atom is -0.393 e. The van der Waals surface area contributed by atoms with Gasteiger partial charge in [-0.15, -0.1) is 0 Å². The predicted molar refractivity (Wildman–Crippen MR) is 123 cm³/mol. The van der Waals surface area contributed by atoms with Crippen LogP contribution in [0.4, 0.5) is 14.5 Å². The number of nitrogens with one attached hydrogen (secondary N) is 1. The fourth-order valence-corrected chi connectivity index (χ4v) is 4.52. The van der Waals surface area contributed by atoms with Gasteiger partial charge in [-0.05, 0) is 72.9 Å². The van der Waals surface area contributed by atoms with Gasteiger partial charge in [0.05, 0.1) is 29.2 Å². The van der Waals surface area contributed by atoms with Crippen molar-refractivity contribution in [3.05, 3.63) is 77.2 Å². The summed E-state index contributed by atoms with van der Waals surface area (Å²) < 4.78 is 29.3. The number of carbonyl (C=O) groups excluding carboxylic acids is 1. The summed E-state index contributed by atoms with van der Waals surface area (Å²) in [7, 11) is 0. The van der Waals surface area contributed by atoms with E-state index in [0.29, 0.717) is 24.1 Å². The van der Waals surface area contributed by atoms with Gasteiger partial charge in [-0.3, -0.25) is 9.78 Å². The molecular weight excluding hydrogens is 424 g/mol. The maximum absolute atomic E-state index is 14.8. The van der Waals surface area contributed by atoms with Gasteiger partial charge >= 0.3 is 0 Å². The second kappa shape index (κ2) is 9.75. The third-order valence-corrected chi connectivity index (χ3v) is 6.46. The molecule has 1 aliphatic carbocycles. The van der Waals surface area contributed by atoms with E-state index in [0.717, 1.165) is 18.4 Å². The van der Waals surface area contributed by atoms with Gasteiger partial charge in [0.25, 0.3) is 5.91 Å². The number of pyridine rings is 2. The standard InChI is InChI=1S/C26H27F2N3O2/c1-3-16-7-9-19(27)24(25(16)28)20-5-4-6-21(30-20)26(33)31-22-14-29-12-11-18(22)17-8-10-23(32)15(2)13-17/h4-7,9,11-12,14-15,17,23,32H,3,8,10,13H2,1-2H3,(H,31,33)/t15-,17-,23-/m0/s1. The van der Waals surface area contributed by atoms with E-state index >= 15 is 0 Å². The molecule has 0 unspecified atom stereocenters. The van der Waals surface area contributed by atoms with Crippen LogP contribution in [0.5, 0.6) is 0 Å². The highest BCUT2D eigenvalue weighted by Gasteiger charge is 2.28. The summed E-state index contributed by atoms with van der Waals surface area (Å²) in [6, 6.07) is 9.07. The van der Waals surface area contributed by atoms with E-state index in [1.807, 2.05) is 13.0 Å². The molecule has 2 heterocycles. The van der Waals surface area contributed by atoms with Crippen molar-refractivity contribution in [2.45, 2.75) is 51.6 Å². The van der Waals surface area contributed by atoms with Gasteiger partial charge in [0, 0.05) is 6.20 Å². The van der Waals surface area contributed by atoms with Crippen LogP contribution in [0.15, 0.2) is 48.8 Å². The number of hydrogen-bond donors (Lipinski definition) is 2. The molecule has 1 saturated carbocycles. The summed E-state index contributed by atoms with van der Waals surface area (Å²) in [5, 5.41) is 12.9. The van der Waals surface area contributed by atoms with Gasteiger partial charge in [-0.25, -0.2) is 13.8 Å². The smallest absolute Gasteiger partial charge is 0.274 e. The predicted octanol–water partition coefficient (Wildman–Crippen LogP) is 5.50. The molecule has 1 aliphatic rings. The number of aliphatic hydroxyl groups is 1. The lowest BCUT2D eigenvalue weighted by Gasteiger charge is -2.32. The number of halogens is 2. The Kier molecular flexibility index (Phi) is 6.79. The Hall–Kier alpha value is -3.19. The number of benzene rings is 1. The van der Waals surface area contributed by atoms with E-state index in [2.05, 4.69) is 15.3 Å². The van der Waals surface area contributed by atoms with Crippen LogP contribution in [0.3, 0.4) is 0 Å². The normalized spacial score (nSPS) is 20.5. The number of aromatic nitrogens is 2. The van der Waals surface area contributed by atoms with Crippen molar-refractivity contribution in [3.8, 4) is 11.3 Å². The largest absolute Gasteiger partial charge is 0.393 e. The molecule has 0 radical (unpaired) electrons. The molecule has 2 N–H and O–H groups in total. The molecule has 33 heavy (non-hydrogen) atoms. The number of aryl methyl sites for hydroxylation is 1. The Morgan fingerprint density at radius 2 is 2.00 bits per heavy atom. The molecule has 1 aromatic carbocycles. The van der Waals surface area contributed by atoms with Crippen LogP contribution in [0.2, 0.25) is 0 Å². The van der Waals surface area contributed by atoms with E-state index in [9.17, 15) is 18.7 Å². The topological polar surface area (TPSA) is 75.1 Å².